The lowest BCUT2D eigenvalue weighted by Gasteiger charge is -2.12. The molecule has 1 aromatic heterocycles. The predicted octanol–water partition coefficient (Wildman–Crippen LogP) is 2.82. The number of imide groups is 1. The fourth-order valence-corrected chi connectivity index (χ4v) is 2.90. The number of fused-ring (bicyclic) bond motifs is 1. The van der Waals surface area contributed by atoms with Crippen LogP contribution in [0.25, 0.3) is 0 Å². The van der Waals surface area contributed by atoms with Crippen molar-refractivity contribution in [3.05, 3.63) is 58.5 Å². The lowest BCUT2D eigenvalue weighted by Crippen LogP contribution is -2.30. The number of amides is 2. The minimum Gasteiger partial charge on any atom is -0.465 e. The number of esters is 2. The van der Waals surface area contributed by atoms with Gasteiger partial charge in [-0.15, -0.1) is 0 Å². The Morgan fingerprint density at radius 3 is 2.54 bits per heavy atom. The average Bonchev–Trinajstić information content (AvgIpc) is 3.27. The third-order valence-corrected chi connectivity index (χ3v) is 4.43. The molecular formula is C20H19NO7. The molecule has 2 amide bonds. The van der Waals surface area contributed by atoms with Crippen LogP contribution in [-0.4, -0.2) is 42.3 Å². The Labute approximate surface area is 161 Å². The van der Waals surface area contributed by atoms with Gasteiger partial charge in [-0.25, -0.2) is 9.59 Å². The first-order valence-corrected chi connectivity index (χ1v) is 8.80. The van der Waals surface area contributed by atoms with Crippen LogP contribution >= 0.6 is 0 Å². The van der Waals surface area contributed by atoms with Crippen LogP contribution in [0.5, 0.6) is 0 Å². The molecule has 0 spiro atoms. The molecule has 0 N–H and O–H groups in total. The number of nitrogens with zero attached hydrogens (tertiary/aromatic N) is 1. The zero-order chi connectivity index (χ0) is 20.3. The number of rotatable bonds is 7. The topological polar surface area (TPSA) is 103 Å². The monoisotopic (exact) mass is 385 g/mol. The Balaban J connectivity index is 1.73. The summed E-state index contributed by atoms with van der Waals surface area (Å²) in [6.07, 6.45) is 2.86. The van der Waals surface area contributed by atoms with Crippen LogP contribution in [0.15, 0.2) is 34.9 Å². The van der Waals surface area contributed by atoms with Gasteiger partial charge in [0.05, 0.1) is 30.1 Å². The molecule has 2 aromatic rings. The van der Waals surface area contributed by atoms with E-state index in [-0.39, 0.29) is 40.5 Å². The van der Waals surface area contributed by atoms with Gasteiger partial charge in [0, 0.05) is 6.54 Å². The number of methoxy groups -OCH3 is 1. The molecule has 146 valence electrons. The molecule has 8 nitrogen and oxygen atoms in total. The molecule has 0 saturated heterocycles. The molecular weight excluding hydrogens is 366 g/mol. The first kappa shape index (κ1) is 19.3. The van der Waals surface area contributed by atoms with Gasteiger partial charge >= 0.3 is 11.9 Å². The maximum absolute atomic E-state index is 12.5. The molecule has 0 radical (unpaired) electrons. The summed E-state index contributed by atoms with van der Waals surface area (Å²) in [4.78, 5) is 50.0. The van der Waals surface area contributed by atoms with Gasteiger partial charge in [0.25, 0.3) is 11.8 Å². The molecule has 0 aliphatic carbocycles. The summed E-state index contributed by atoms with van der Waals surface area (Å²) < 4.78 is 14.9. The van der Waals surface area contributed by atoms with Crippen molar-refractivity contribution in [3.8, 4) is 0 Å². The number of furan rings is 1. The highest BCUT2D eigenvalue weighted by atomic mass is 16.5. The molecule has 0 atom stereocenters. The lowest BCUT2D eigenvalue weighted by molar-refractivity contribution is 0.0432. The van der Waals surface area contributed by atoms with Crippen molar-refractivity contribution >= 4 is 23.8 Å². The molecule has 8 heteroatoms. The molecule has 0 saturated carbocycles. The number of carbonyl (C=O) groups is 4. The van der Waals surface area contributed by atoms with Gasteiger partial charge in [0.15, 0.2) is 12.4 Å². The molecule has 0 unspecified atom stereocenters. The summed E-state index contributed by atoms with van der Waals surface area (Å²) in [5.74, 6) is -1.93. The molecule has 0 bridgehead atoms. The fourth-order valence-electron chi connectivity index (χ4n) is 2.90. The number of unbranched alkanes of at least 4 members (excludes halogenated alkanes) is 1. The molecule has 1 aliphatic heterocycles. The predicted molar refractivity (Wildman–Crippen MR) is 95.9 cm³/mol. The summed E-state index contributed by atoms with van der Waals surface area (Å²) >= 11 is 0. The Morgan fingerprint density at radius 2 is 1.82 bits per heavy atom. The van der Waals surface area contributed by atoms with Gasteiger partial charge in [0.2, 0.25) is 0 Å². The standard InChI is InChI=1S/C20H19NO7/c1-3-4-8-21-17(22)13-6-5-12(10-15(13)18(21)23)19(24)28-11-16-14(7-9-27-16)20(25)26-2/h5-7,9-10H,3-4,8,11H2,1-2H3. The summed E-state index contributed by atoms with van der Waals surface area (Å²) in [7, 11) is 1.23. The van der Waals surface area contributed by atoms with Crippen molar-refractivity contribution in [1.29, 1.82) is 0 Å². The lowest BCUT2D eigenvalue weighted by atomic mass is 10.1. The van der Waals surface area contributed by atoms with E-state index in [9.17, 15) is 19.2 Å². The number of hydrogen-bond donors (Lipinski definition) is 0. The minimum absolute atomic E-state index is 0.128. The second kappa shape index (κ2) is 8.08. The number of benzene rings is 1. The van der Waals surface area contributed by atoms with Gasteiger partial charge in [0.1, 0.15) is 5.56 Å². The van der Waals surface area contributed by atoms with Gasteiger partial charge in [-0.05, 0) is 30.7 Å². The normalized spacial score (nSPS) is 12.9. The van der Waals surface area contributed by atoms with E-state index in [2.05, 4.69) is 4.74 Å². The quantitative estimate of drug-likeness (QED) is 0.533. The smallest absolute Gasteiger partial charge is 0.341 e. The van der Waals surface area contributed by atoms with Crippen molar-refractivity contribution < 1.29 is 33.1 Å². The van der Waals surface area contributed by atoms with E-state index in [1.165, 1.54) is 42.5 Å². The first-order valence-electron chi connectivity index (χ1n) is 8.80. The van der Waals surface area contributed by atoms with E-state index in [4.69, 9.17) is 9.15 Å². The molecule has 28 heavy (non-hydrogen) atoms. The van der Waals surface area contributed by atoms with Crippen LogP contribution in [0.1, 0.15) is 67.0 Å². The minimum atomic E-state index is -0.706. The SMILES string of the molecule is CCCCN1C(=O)c2ccc(C(=O)OCc3occc3C(=O)OC)cc2C1=O. The summed E-state index contributed by atoms with van der Waals surface area (Å²) in [5, 5.41) is 0. The summed E-state index contributed by atoms with van der Waals surface area (Å²) in [6.45, 7) is 2.04. The van der Waals surface area contributed by atoms with E-state index < -0.39 is 17.8 Å². The Hall–Kier alpha value is -3.42. The van der Waals surface area contributed by atoms with Crippen LogP contribution in [0.2, 0.25) is 0 Å². The highest BCUT2D eigenvalue weighted by molar-refractivity contribution is 6.21. The van der Waals surface area contributed by atoms with Crippen LogP contribution in [0, 0.1) is 0 Å². The second-order valence-corrected chi connectivity index (χ2v) is 6.20. The van der Waals surface area contributed by atoms with E-state index in [1.807, 2.05) is 6.92 Å². The Morgan fingerprint density at radius 1 is 1.07 bits per heavy atom. The van der Waals surface area contributed by atoms with Crippen LogP contribution in [-0.2, 0) is 16.1 Å². The van der Waals surface area contributed by atoms with Crippen LogP contribution in [0.4, 0.5) is 0 Å². The third-order valence-electron chi connectivity index (χ3n) is 4.43. The van der Waals surface area contributed by atoms with Gasteiger partial charge in [-0.1, -0.05) is 13.3 Å². The molecule has 1 aromatic carbocycles. The molecule has 2 heterocycles. The van der Waals surface area contributed by atoms with Crippen molar-refractivity contribution in [1.82, 2.24) is 4.90 Å². The average molecular weight is 385 g/mol. The highest BCUT2D eigenvalue weighted by Crippen LogP contribution is 2.25. The molecule has 0 fully saturated rings. The van der Waals surface area contributed by atoms with Crippen molar-refractivity contribution in [2.24, 2.45) is 0 Å². The Bertz CT molecular complexity index is 944. The Kier molecular flexibility index (Phi) is 5.58. The van der Waals surface area contributed by atoms with Gasteiger partial charge in [-0.3, -0.25) is 14.5 Å². The zero-order valence-corrected chi connectivity index (χ0v) is 15.5. The summed E-state index contributed by atoms with van der Waals surface area (Å²) in [6, 6.07) is 5.65. The van der Waals surface area contributed by atoms with Crippen LogP contribution < -0.4 is 0 Å². The van der Waals surface area contributed by atoms with Crippen molar-refractivity contribution in [3.63, 3.8) is 0 Å². The zero-order valence-electron chi connectivity index (χ0n) is 15.5. The molecule has 3 rings (SSSR count). The number of hydrogen-bond acceptors (Lipinski definition) is 7. The van der Waals surface area contributed by atoms with E-state index >= 15 is 0 Å². The number of carbonyl (C=O) groups excluding carboxylic acids is 4. The van der Waals surface area contributed by atoms with Gasteiger partial charge in [-0.2, -0.15) is 0 Å². The van der Waals surface area contributed by atoms with E-state index in [0.717, 1.165) is 6.42 Å². The van der Waals surface area contributed by atoms with E-state index in [1.54, 1.807) is 0 Å². The van der Waals surface area contributed by atoms with E-state index in [0.29, 0.717) is 13.0 Å². The molecule has 1 aliphatic rings. The second-order valence-electron chi connectivity index (χ2n) is 6.20. The largest absolute Gasteiger partial charge is 0.465 e. The number of ether oxygens (including phenoxy) is 2. The van der Waals surface area contributed by atoms with Crippen molar-refractivity contribution in [2.75, 3.05) is 13.7 Å². The van der Waals surface area contributed by atoms with Crippen molar-refractivity contribution in [2.45, 2.75) is 26.4 Å². The summed E-state index contributed by atoms with van der Waals surface area (Å²) in [5.41, 5.74) is 0.750. The first-order chi connectivity index (χ1) is 13.5. The fraction of sp³-hybridized carbons (Fsp3) is 0.300. The third kappa shape index (κ3) is 3.53. The van der Waals surface area contributed by atoms with Crippen LogP contribution in [0.3, 0.4) is 0 Å². The highest BCUT2D eigenvalue weighted by Gasteiger charge is 2.35. The van der Waals surface area contributed by atoms with Gasteiger partial charge < -0.3 is 13.9 Å². The maximum Gasteiger partial charge on any atom is 0.341 e. The maximum atomic E-state index is 12.5.